The summed E-state index contributed by atoms with van der Waals surface area (Å²) in [6.07, 6.45) is -3.50. The molecular weight excluding hydrogens is 427 g/mol. The van der Waals surface area contributed by atoms with Crippen molar-refractivity contribution in [1.82, 2.24) is 9.80 Å². The number of carbonyl (C=O) groups excluding carboxylic acids is 3. The number of hydrogen-bond donors (Lipinski definition) is 1. The number of ether oxygens (including phenoxy) is 1. The second-order valence-electron chi connectivity index (χ2n) is 8.44. The Labute approximate surface area is 184 Å². The van der Waals surface area contributed by atoms with Crippen LogP contribution in [0.5, 0.6) is 0 Å². The van der Waals surface area contributed by atoms with Gasteiger partial charge in [0.1, 0.15) is 6.54 Å². The summed E-state index contributed by atoms with van der Waals surface area (Å²) in [5.41, 5.74) is 2.54. The first-order valence-corrected chi connectivity index (χ1v) is 10.6. The molecule has 1 N–H and O–H groups in total. The summed E-state index contributed by atoms with van der Waals surface area (Å²) >= 11 is 0. The van der Waals surface area contributed by atoms with Gasteiger partial charge in [-0.2, -0.15) is 13.2 Å². The van der Waals surface area contributed by atoms with E-state index in [9.17, 15) is 27.6 Å². The third-order valence-electron chi connectivity index (χ3n) is 5.91. The van der Waals surface area contributed by atoms with Gasteiger partial charge in [-0.05, 0) is 43.9 Å². The maximum atomic E-state index is 13.1. The summed E-state index contributed by atoms with van der Waals surface area (Å²) in [5.74, 6) is -2.55. The van der Waals surface area contributed by atoms with Crippen molar-refractivity contribution >= 4 is 23.4 Å². The van der Waals surface area contributed by atoms with E-state index in [4.69, 9.17) is 4.74 Å². The van der Waals surface area contributed by atoms with Crippen LogP contribution in [0.1, 0.15) is 30.4 Å². The maximum absolute atomic E-state index is 13.1. The number of nitrogens with zero attached hydrogens (tertiary/aromatic N) is 2. The number of aryl methyl sites for hydroxylation is 1. The Kier molecular flexibility index (Phi) is 7.43. The first-order chi connectivity index (χ1) is 15.0. The Hall–Kier alpha value is -2.62. The van der Waals surface area contributed by atoms with Gasteiger partial charge in [-0.15, -0.1) is 0 Å². The van der Waals surface area contributed by atoms with E-state index >= 15 is 0 Å². The molecule has 10 heteroatoms. The van der Waals surface area contributed by atoms with Crippen molar-refractivity contribution in [3.8, 4) is 0 Å². The van der Waals surface area contributed by atoms with Crippen molar-refractivity contribution in [3.63, 3.8) is 0 Å². The van der Waals surface area contributed by atoms with Crippen LogP contribution in [-0.4, -0.2) is 72.6 Å². The normalized spacial score (nSPS) is 21.2. The second-order valence-corrected chi connectivity index (χ2v) is 8.44. The fourth-order valence-electron chi connectivity index (χ4n) is 4.08. The van der Waals surface area contributed by atoms with Crippen molar-refractivity contribution in [2.75, 3.05) is 38.1 Å². The van der Waals surface area contributed by atoms with Crippen LogP contribution in [0.25, 0.3) is 0 Å². The van der Waals surface area contributed by atoms with E-state index in [1.807, 2.05) is 26.0 Å². The number of rotatable bonds is 7. The molecule has 3 rings (SSSR count). The van der Waals surface area contributed by atoms with E-state index in [-0.39, 0.29) is 32.2 Å². The number of anilines is 1. The first-order valence-electron chi connectivity index (χ1n) is 10.6. The molecule has 2 fully saturated rings. The van der Waals surface area contributed by atoms with Gasteiger partial charge in [0.15, 0.2) is 0 Å². The minimum atomic E-state index is -4.53. The second kappa shape index (κ2) is 9.89. The summed E-state index contributed by atoms with van der Waals surface area (Å²) in [6, 6.07) is 5.49. The van der Waals surface area contributed by atoms with Crippen LogP contribution >= 0.6 is 0 Å². The molecule has 2 aliphatic heterocycles. The lowest BCUT2D eigenvalue weighted by molar-refractivity contribution is -0.157. The monoisotopic (exact) mass is 455 g/mol. The van der Waals surface area contributed by atoms with Crippen molar-refractivity contribution in [2.24, 2.45) is 5.92 Å². The number of amides is 3. The Balaban J connectivity index is 1.69. The number of benzene rings is 1. The molecule has 0 aliphatic carbocycles. The molecule has 0 spiro atoms. The quantitative estimate of drug-likeness (QED) is 0.686. The van der Waals surface area contributed by atoms with Crippen LogP contribution in [0.4, 0.5) is 18.9 Å². The minimum absolute atomic E-state index is 0.156. The fraction of sp³-hybridized carbons (Fsp3) is 0.591. The smallest absolute Gasteiger partial charge is 0.376 e. The maximum Gasteiger partial charge on any atom is 0.406 e. The number of carbonyl (C=O) groups is 3. The van der Waals surface area contributed by atoms with Gasteiger partial charge in [0, 0.05) is 31.8 Å². The number of hydrogen-bond acceptors (Lipinski definition) is 4. The van der Waals surface area contributed by atoms with Crippen LogP contribution in [0, 0.1) is 19.8 Å². The molecule has 0 aromatic heterocycles. The molecule has 1 aromatic rings. The lowest BCUT2D eigenvalue weighted by Crippen LogP contribution is -2.45. The average Bonchev–Trinajstić information content (AvgIpc) is 3.33. The van der Waals surface area contributed by atoms with E-state index < -0.39 is 36.4 Å². The van der Waals surface area contributed by atoms with Gasteiger partial charge >= 0.3 is 6.18 Å². The van der Waals surface area contributed by atoms with Gasteiger partial charge < -0.3 is 19.9 Å². The van der Waals surface area contributed by atoms with Gasteiger partial charge in [-0.3, -0.25) is 14.4 Å². The number of alkyl halides is 3. The van der Waals surface area contributed by atoms with E-state index in [1.165, 1.54) is 4.90 Å². The van der Waals surface area contributed by atoms with Crippen LogP contribution in [0.15, 0.2) is 18.2 Å². The van der Waals surface area contributed by atoms with Crippen molar-refractivity contribution in [1.29, 1.82) is 0 Å². The molecule has 32 heavy (non-hydrogen) atoms. The van der Waals surface area contributed by atoms with Gasteiger partial charge in [-0.25, -0.2) is 0 Å². The lowest BCUT2D eigenvalue weighted by atomic mass is 10.1. The molecule has 0 bridgehead atoms. The molecule has 0 radical (unpaired) electrons. The zero-order valence-corrected chi connectivity index (χ0v) is 18.2. The fourth-order valence-corrected chi connectivity index (χ4v) is 4.08. The van der Waals surface area contributed by atoms with Crippen molar-refractivity contribution in [3.05, 3.63) is 29.3 Å². The summed E-state index contributed by atoms with van der Waals surface area (Å²) in [4.78, 5) is 39.8. The zero-order valence-electron chi connectivity index (χ0n) is 18.2. The highest BCUT2D eigenvalue weighted by Crippen LogP contribution is 2.26. The highest BCUT2D eigenvalue weighted by Gasteiger charge is 2.42. The first kappa shape index (κ1) is 24.0. The highest BCUT2D eigenvalue weighted by atomic mass is 19.4. The molecule has 2 aliphatic rings. The third-order valence-corrected chi connectivity index (χ3v) is 5.91. The highest BCUT2D eigenvalue weighted by molar-refractivity contribution is 5.96. The number of likely N-dealkylation sites (tertiary alicyclic amines) is 1. The van der Waals surface area contributed by atoms with Crippen LogP contribution in [-0.2, 0) is 19.1 Å². The molecule has 7 nitrogen and oxygen atoms in total. The average molecular weight is 455 g/mol. The Morgan fingerprint density at radius 2 is 2.03 bits per heavy atom. The predicted molar refractivity (Wildman–Crippen MR) is 111 cm³/mol. The van der Waals surface area contributed by atoms with E-state index in [0.717, 1.165) is 24.0 Å². The van der Waals surface area contributed by atoms with Gasteiger partial charge in [-0.1, -0.05) is 12.1 Å². The lowest BCUT2D eigenvalue weighted by Gasteiger charge is -2.27. The molecule has 2 unspecified atom stereocenters. The molecule has 1 aromatic carbocycles. The molecule has 176 valence electrons. The third kappa shape index (κ3) is 6.21. The topological polar surface area (TPSA) is 79.0 Å². The van der Waals surface area contributed by atoms with Crippen molar-refractivity contribution in [2.45, 2.75) is 45.4 Å². The largest absolute Gasteiger partial charge is 0.406 e. The van der Waals surface area contributed by atoms with Crippen LogP contribution < -0.4 is 5.32 Å². The molecule has 3 amide bonds. The molecular formula is C22H28F3N3O4. The Morgan fingerprint density at radius 1 is 1.28 bits per heavy atom. The number of halogens is 3. The van der Waals surface area contributed by atoms with E-state index in [0.29, 0.717) is 17.2 Å². The zero-order chi connectivity index (χ0) is 23.5. The van der Waals surface area contributed by atoms with Gasteiger partial charge in [0.2, 0.25) is 17.7 Å². The molecule has 2 atom stereocenters. The van der Waals surface area contributed by atoms with Gasteiger partial charge in [0.05, 0.1) is 18.6 Å². The SMILES string of the molecule is Cc1cccc(NC(=O)CN(CC2CCCO2)C(=O)C2CC(=O)N(CC(F)(F)F)C2)c1C. The summed E-state index contributed by atoms with van der Waals surface area (Å²) in [7, 11) is 0. The van der Waals surface area contributed by atoms with Crippen LogP contribution in [0.3, 0.4) is 0 Å². The van der Waals surface area contributed by atoms with Crippen LogP contribution in [0.2, 0.25) is 0 Å². The summed E-state index contributed by atoms with van der Waals surface area (Å²) in [5, 5.41) is 2.80. The minimum Gasteiger partial charge on any atom is -0.376 e. The summed E-state index contributed by atoms with van der Waals surface area (Å²) in [6.45, 7) is 2.55. The van der Waals surface area contributed by atoms with E-state index in [2.05, 4.69) is 5.32 Å². The van der Waals surface area contributed by atoms with E-state index in [1.54, 1.807) is 6.07 Å². The Bertz CT molecular complexity index is 868. The predicted octanol–water partition coefficient (Wildman–Crippen LogP) is 2.66. The molecule has 2 saturated heterocycles. The molecule has 2 heterocycles. The summed E-state index contributed by atoms with van der Waals surface area (Å²) < 4.78 is 43.7. The molecule has 0 saturated carbocycles. The standard InChI is InChI=1S/C22H28F3N3O4/c1-14-5-3-7-18(15(14)2)26-19(29)12-27(11-17-6-4-8-32-17)21(31)16-9-20(30)28(10-16)13-22(23,24)25/h3,5,7,16-17H,4,6,8-13H2,1-2H3,(H,26,29). The van der Waals surface area contributed by atoms with Gasteiger partial charge in [0.25, 0.3) is 0 Å². The Morgan fingerprint density at radius 3 is 2.69 bits per heavy atom. The van der Waals surface area contributed by atoms with Crippen molar-refractivity contribution < 1.29 is 32.3 Å². The number of nitrogens with one attached hydrogen (secondary N) is 1.